The Labute approximate surface area is 150 Å². The van der Waals surface area contributed by atoms with Crippen molar-refractivity contribution in [3.63, 3.8) is 0 Å². The normalized spacial score (nSPS) is 19.8. The molecule has 3 rings (SSSR count). The Morgan fingerprint density at radius 2 is 2.24 bits per heavy atom. The van der Waals surface area contributed by atoms with E-state index in [0.29, 0.717) is 31.3 Å². The van der Waals surface area contributed by atoms with Crippen LogP contribution in [-0.4, -0.2) is 35.1 Å². The number of benzene rings is 1. The highest BCUT2D eigenvalue weighted by molar-refractivity contribution is 7.97. The Hall–Kier alpha value is -2.06. The van der Waals surface area contributed by atoms with Gasteiger partial charge in [-0.25, -0.2) is 4.79 Å². The summed E-state index contributed by atoms with van der Waals surface area (Å²) in [5.41, 5.74) is 2.33. The number of aromatic nitrogens is 2. The first-order valence-corrected chi connectivity index (χ1v) is 9.58. The van der Waals surface area contributed by atoms with E-state index in [1.165, 1.54) is 5.56 Å². The number of ether oxygens (including phenoxy) is 1. The van der Waals surface area contributed by atoms with Gasteiger partial charge in [0.1, 0.15) is 0 Å². The van der Waals surface area contributed by atoms with E-state index in [-0.39, 0.29) is 12.1 Å². The van der Waals surface area contributed by atoms with Crippen LogP contribution in [-0.2, 0) is 17.0 Å². The predicted octanol–water partition coefficient (Wildman–Crippen LogP) is 2.57. The summed E-state index contributed by atoms with van der Waals surface area (Å²) in [6, 6.07) is 7.81. The van der Waals surface area contributed by atoms with Crippen molar-refractivity contribution in [2.24, 2.45) is 0 Å². The molecule has 0 spiro atoms. The van der Waals surface area contributed by atoms with Gasteiger partial charge < -0.3 is 19.9 Å². The maximum absolute atomic E-state index is 12.2. The van der Waals surface area contributed by atoms with Crippen molar-refractivity contribution in [3.05, 3.63) is 47.1 Å². The summed E-state index contributed by atoms with van der Waals surface area (Å²) in [7, 11) is 0. The highest BCUT2D eigenvalue weighted by atomic mass is 32.2. The minimum Gasteiger partial charge on any atom is -0.366 e. The van der Waals surface area contributed by atoms with E-state index in [9.17, 15) is 4.79 Å². The van der Waals surface area contributed by atoms with Crippen LogP contribution < -0.4 is 10.6 Å². The lowest BCUT2D eigenvalue weighted by Gasteiger charge is -2.17. The van der Waals surface area contributed by atoms with E-state index in [1.54, 1.807) is 18.7 Å². The van der Waals surface area contributed by atoms with Crippen LogP contribution in [0.15, 0.2) is 28.8 Å². The molecule has 0 aliphatic carbocycles. The lowest BCUT2D eigenvalue weighted by molar-refractivity contribution is 0.0722. The monoisotopic (exact) mass is 362 g/mol. The van der Waals surface area contributed by atoms with Crippen LogP contribution in [0, 0.1) is 6.92 Å². The molecule has 1 aliphatic heterocycles. The summed E-state index contributed by atoms with van der Waals surface area (Å²) >= 11 is 1.78. The molecule has 2 N–H and O–H groups in total. The second-order valence-corrected chi connectivity index (χ2v) is 6.81. The van der Waals surface area contributed by atoms with Gasteiger partial charge in [0, 0.05) is 18.9 Å². The molecule has 1 aromatic carbocycles. The number of nitrogens with zero attached hydrogens (tertiary/aromatic N) is 2. The molecule has 7 nitrogen and oxygen atoms in total. The van der Waals surface area contributed by atoms with Crippen LogP contribution in [0.2, 0.25) is 0 Å². The minimum absolute atomic E-state index is 0.178. The molecule has 2 aromatic rings. The minimum atomic E-state index is -0.392. The standard InChI is InChI=1S/C17H22N4O3S/c1-11-19-16(24-21-11)15-14(6-7-23-15)20-17(22)18-9-12-4-3-5-13(8-12)10-25-2/h3-5,8,14-15H,6-7,9-10H2,1-2H3,(H2,18,20,22)/t14-,15+/m1/s1. The second kappa shape index (κ2) is 8.35. The lowest BCUT2D eigenvalue weighted by atomic mass is 10.1. The van der Waals surface area contributed by atoms with Gasteiger partial charge in [0.2, 0.25) is 0 Å². The topological polar surface area (TPSA) is 89.3 Å². The molecule has 1 aromatic heterocycles. The number of rotatable bonds is 6. The van der Waals surface area contributed by atoms with E-state index in [2.05, 4.69) is 39.2 Å². The largest absolute Gasteiger partial charge is 0.366 e. The number of hydrogen-bond donors (Lipinski definition) is 2. The number of hydrogen-bond acceptors (Lipinski definition) is 6. The van der Waals surface area contributed by atoms with Crippen molar-refractivity contribution in [1.82, 2.24) is 20.8 Å². The van der Waals surface area contributed by atoms with Gasteiger partial charge in [-0.05, 0) is 30.7 Å². The molecular weight excluding hydrogens is 340 g/mol. The molecule has 134 valence electrons. The van der Waals surface area contributed by atoms with Crippen LogP contribution in [0.4, 0.5) is 4.79 Å². The summed E-state index contributed by atoms with van der Waals surface area (Å²) in [4.78, 5) is 16.4. The molecule has 25 heavy (non-hydrogen) atoms. The van der Waals surface area contributed by atoms with Gasteiger partial charge in [-0.2, -0.15) is 16.7 Å². The van der Waals surface area contributed by atoms with Gasteiger partial charge in [0.15, 0.2) is 11.9 Å². The zero-order chi connectivity index (χ0) is 17.6. The number of carbonyl (C=O) groups excluding carboxylic acids is 1. The Balaban J connectivity index is 1.52. The van der Waals surface area contributed by atoms with E-state index >= 15 is 0 Å². The zero-order valence-electron chi connectivity index (χ0n) is 14.3. The second-order valence-electron chi connectivity index (χ2n) is 5.95. The van der Waals surface area contributed by atoms with Crippen molar-refractivity contribution in [2.45, 2.75) is 37.8 Å². The van der Waals surface area contributed by atoms with Crippen molar-refractivity contribution in [3.8, 4) is 0 Å². The Morgan fingerprint density at radius 3 is 3.00 bits per heavy atom. The predicted molar refractivity (Wildman–Crippen MR) is 95.2 cm³/mol. The number of nitrogens with one attached hydrogen (secondary N) is 2. The average Bonchev–Trinajstić information content (AvgIpc) is 3.22. The SMILES string of the molecule is CSCc1cccc(CNC(=O)N[C@@H]2CCO[C@@H]2c2nc(C)no2)c1. The first-order chi connectivity index (χ1) is 12.2. The third kappa shape index (κ3) is 4.73. The van der Waals surface area contributed by atoms with Gasteiger partial charge in [0.25, 0.3) is 5.89 Å². The number of urea groups is 1. The molecule has 0 saturated carbocycles. The van der Waals surface area contributed by atoms with Crippen LogP contribution in [0.25, 0.3) is 0 Å². The number of carbonyl (C=O) groups is 1. The highest BCUT2D eigenvalue weighted by Crippen LogP contribution is 2.27. The van der Waals surface area contributed by atoms with E-state index < -0.39 is 6.10 Å². The zero-order valence-corrected chi connectivity index (χ0v) is 15.1. The van der Waals surface area contributed by atoms with Crippen molar-refractivity contribution in [2.75, 3.05) is 12.9 Å². The molecule has 0 unspecified atom stereocenters. The molecular formula is C17H22N4O3S. The van der Waals surface area contributed by atoms with Crippen LogP contribution in [0.3, 0.4) is 0 Å². The van der Waals surface area contributed by atoms with E-state index in [0.717, 1.165) is 11.3 Å². The fraction of sp³-hybridized carbons (Fsp3) is 0.471. The molecule has 1 fully saturated rings. The molecule has 0 bridgehead atoms. The van der Waals surface area contributed by atoms with Gasteiger partial charge in [-0.15, -0.1) is 0 Å². The van der Waals surface area contributed by atoms with E-state index in [1.807, 2.05) is 12.1 Å². The summed E-state index contributed by atoms with van der Waals surface area (Å²) in [5.74, 6) is 1.92. The lowest BCUT2D eigenvalue weighted by Crippen LogP contribution is -2.43. The highest BCUT2D eigenvalue weighted by Gasteiger charge is 2.35. The van der Waals surface area contributed by atoms with Crippen molar-refractivity contribution >= 4 is 17.8 Å². The molecule has 1 aliphatic rings. The number of amides is 2. The van der Waals surface area contributed by atoms with Gasteiger partial charge in [0.05, 0.1) is 6.04 Å². The molecule has 8 heteroatoms. The summed E-state index contributed by atoms with van der Waals surface area (Å²) in [6.07, 6.45) is 2.39. The van der Waals surface area contributed by atoms with Gasteiger partial charge in [-0.3, -0.25) is 0 Å². The average molecular weight is 362 g/mol. The molecule has 2 amide bonds. The Kier molecular flexibility index (Phi) is 5.93. The Bertz CT molecular complexity index is 721. The molecule has 0 radical (unpaired) electrons. The fourth-order valence-electron chi connectivity index (χ4n) is 2.81. The number of thioether (sulfide) groups is 1. The smallest absolute Gasteiger partial charge is 0.315 e. The van der Waals surface area contributed by atoms with Gasteiger partial charge >= 0.3 is 6.03 Å². The van der Waals surface area contributed by atoms with Crippen LogP contribution in [0.1, 0.15) is 35.4 Å². The van der Waals surface area contributed by atoms with Crippen LogP contribution in [0.5, 0.6) is 0 Å². The molecule has 2 atom stereocenters. The summed E-state index contributed by atoms with van der Waals surface area (Å²) < 4.78 is 10.8. The fourth-order valence-corrected chi connectivity index (χ4v) is 3.32. The summed E-state index contributed by atoms with van der Waals surface area (Å²) in [6.45, 7) is 2.78. The van der Waals surface area contributed by atoms with Crippen LogP contribution >= 0.6 is 11.8 Å². The van der Waals surface area contributed by atoms with Gasteiger partial charge in [-0.1, -0.05) is 29.4 Å². The number of aryl methyl sites for hydroxylation is 1. The van der Waals surface area contributed by atoms with E-state index in [4.69, 9.17) is 9.26 Å². The summed E-state index contributed by atoms with van der Waals surface area (Å²) in [5, 5.41) is 9.61. The maximum atomic E-state index is 12.2. The molecule has 1 saturated heterocycles. The third-order valence-electron chi connectivity index (χ3n) is 3.95. The first kappa shape index (κ1) is 17.8. The first-order valence-electron chi connectivity index (χ1n) is 8.18. The third-order valence-corrected chi connectivity index (χ3v) is 4.57. The molecule has 2 heterocycles. The van der Waals surface area contributed by atoms with Crippen molar-refractivity contribution in [1.29, 1.82) is 0 Å². The Morgan fingerprint density at radius 1 is 1.40 bits per heavy atom. The van der Waals surface area contributed by atoms with Crippen molar-refractivity contribution < 1.29 is 14.1 Å². The quantitative estimate of drug-likeness (QED) is 0.821. The maximum Gasteiger partial charge on any atom is 0.315 e.